The summed E-state index contributed by atoms with van der Waals surface area (Å²) in [5.41, 5.74) is -0.000268. The number of nitrogens with zero attached hydrogens (tertiary/aromatic N) is 1. The summed E-state index contributed by atoms with van der Waals surface area (Å²) in [6.45, 7) is 2.30. The number of hydrogen-bond acceptors (Lipinski definition) is 4. The number of aromatic nitrogens is 1. The normalized spacial score (nSPS) is 14.6. The highest BCUT2D eigenvalue weighted by Crippen LogP contribution is 2.16. The van der Waals surface area contributed by atoms with Gasteiger partial charge in [-0.3, -0.25) is 4.98 Å². The van der Waals surface area contributed by atoms with Crippen LogP contribution in [0.5, 0.6) is 0 Å². The Hall–Kier alpha value is -1.49. The molecule has 3 N–H and O–H groups in total. The number of fused-ring (bicyclic) bond motifs is 1. The summed E-state index contributed by atoms with van der Waals surface area (Å²) in [5, 5.41) is 24.0. The monoisotopic (exact) mass is 246 g/mol. The molecule has 0 aliphatic carbocycles. The Bertz CT molecular complexity index is 521. The zero-order valence-corrected chi connectivity index (χ0v) is 10.4. The topological polar surface area (TPSA) is 65.4 Å². The van der Waals surface area contributed by atoms with Crippen LogP contribution in [-0.4, -0.2) is 33.9 Å². The molecule has 0 bridgehead atoms. The minimum atomic E-state index is -1.09. The highest BCUT2D eigenvalue weighted by molar-refractivity contribution is 5.84. The summed E-state index contributed by atoms with van der Waals surface area (Å²) >= 11 is 0. The van der Waals surface area contributed by atoms with E-state index in [4.69, 9.17) is 5.11 Å². The van der Waals surface area contributed by atoms with Crippen LogP contribution in [0.2, 0.25) is 0 Å². The van der Waals surface area contributed by atoms with Crippen molar-refractivity contribution in [3.8, 4) is 0 Å². The molecule has 1 atom stereocenters. The average Bonchev–Trinajstić information content (AvgIpc) is 2.39. The molecule has 0 fully saturated rings. The standard InChI is InChI=1S/C14H18N2O2/c1-14(18,10-17)9-16-8-12-7-15-6-11-4-2-3-5-13(11)12/h2-7,16-18H,8-10H2,1H3. The van der Waals surface area contributed by atoms with Gasteiger partial charge in [0, 0.05) is 30.9 Å². The largest absolute Gasteiger partial charge is 0.393 e. The van der Waals surface area contributed by atoms with E-state index in [1.54, 1.807) is 6.92 Å². The second kappa shape index (κ2) is 5.44. The van der Waals surface area contributed by atoms with E-state index in [-0.39, 0.29) is 6.61 Å². The lowest BCUT2D eigenvalue weighted by molar-refractivity contribution is 0.00255. The summed E-state index contributed by atoms with van der Waals surface area (Å²) in [4.78, 5) is 4.20. The molecule has 0 radical (unpaired) electrons. The van der Waals surface area contributed by atoms with Crippen molar-refractivity contribution in [2.75, 3.05) is 13.2 Å². The van der Waals surface area contributed by atoms with E-state index < -0.39 is 5.60 Å². The van der Waals surface area contributed by atoms with Gasteiger partial charge in [-0.1, -0.05) is 24.3 Å². The molecule has 0 spiro atoms. The molecule has 1 aromatic heterocycles. The maximum atomic E-state index is 9.69. The molecule has 0 saturated heterocycles. The van der Waals surface area contributed by atoms with Crippen molar-refractivity contribution in [3.05, 3.63) is 42.2 Å². The molecule has 2 aromatic rings. The van der Waals surface area contributed by atoms with E-state index in [1.165, 1.54) is 0 Å². The molecule has 0 aliphatic heterocycles. The van der Waals surface area contributed by atoms with Gasteiger partial charge in [-0.15, -0.1) is 0 Å². The Labute approximate surface area is 106 Å². The summed E-state index contributed by atoms with van der Waals surface area (Å²) in [7, 11) is 0. The Morgan fingerprint density at radius 2 is 2.06 bits per heavy atom. The lowest BCUT2D eigenvalue weighted by Crippen LogP contribution is -2.40. The van der Waals surface area contributed by atoms with Crippen molar-refractivity contribution in [2.24, 2.45) is 0 Å². The highest BCUT2D eigenvalue weighted by atomic mass is 16.3. The van der Waals surface area contributed by atoms with Crippen molar-refractivity contribution in [1.29, 1.82) is 0 Å². The molecule has 4 heteroatoms. The van der Waals surface area contributed by atoms with E-state index in [9.17, 15) is 5.11 Å². The quantitative estimate of drug-likeness (QED) is 0.738. The molecule has 96 valence electrons. The highest BCUT2D eigenvalue weighted by Gasteiger charge is 2.17. The molecule has 0 saturated carbocycles. The molecule has 0 aliphatic rings. The third-order valence-electron chi connectivity index (χ3n) is 2.91. The molecular weight excluding hydrogens is 228 g/mol. The number of aliphatic hydroxyl groups excluding tert-OH is 1. The fraction of sp³-hybridized carbons (Fsp3) is 0.357. The predicted molar refractivity (Wildman–Crippen MR) is 71.2 cm³/mol. The van der Waals surface area contributed by atoms with Crippen molar-refractivity contribution in [3.63, 3.8) is 0 Å². The third-order valence-corrected chi connectivity index (χ3v) is 2.91. The summed E-state index contributed by atoms with van der Waals surface area (Å²) in [5.74, 6) is 0. The van der Waals surface area contributed by atoms with E-state index in [0.717, 1.165) is 16.3 Å². The van der Waals surface area contributed by atoms with Crippen LogP contribution >= 0.6 is 0 Å². The lowest BCUT2D eigenvalue weighted by atomic mass is 10.1. The number of aliphatic hydroxyl groups is 2. The van der Waals surface area contributed by atoms with Crippen molar-refractivity contribution in [2.45, 2.75) is 19.1 Å². The Morgan fingerprint density at radius 1 is 1.28 bits per heavy atom. The number of benzene rings is 1. The van der Waals surface area contributed by atoms with Crippen LogP contribution in [-0.2, 0) is 6.54 Å². The summed E-state index contributed by atoms with van der Waals surface area (Å²) in [6.07, 6.45) is 3.66. The van der Waals surface area contributed by atoms with Gasteiger partial charge in [0.05, 0.1) is 12.2 Å². The molecule has 2 rings (SSSR count). The zero-order chi connectivity index (χ0) is 13.0. The first-order valence-electron chi connectivity index (χ1n) is 5.98. The van der Waals surface area contributed by atoms with Gasteiger partial charge in [0.2, 0.25) is 0 Å². The van der Waals surface area contributed by atoms with Gasteiger partial charge in [-0.2, -0.15) is 0 Å². The Balaban J connectivity index is 2.08. The second-order valence-corrected chi connectivity index (χ2v) is 4.78. The van der Waals surface area contributed by atoms with Gasteiger partial charge in [0.25, 0.3) is 0 Å². The van der Waals surface area contributed by atoms with Gasteiger partial charge >= 0.3 is 0 Å². The van der Waals surface area contributed by atoms with E-state index in [0.29, 0.717) is 13.1 Å². The fourth-order valence-electron chi connectivity index (χ4n) is 1.84. The van der Waals surface area contributed by atoms with Gasteiger partial charge < -0.3 is 15.5 Å². The molecule has 18 heavy (non-hydrogen) atoms. The molecule has 0 amide bonds. The first kappa shape index (κ1) is 13.0. The van der Waals surface area contributed by atoms with Gasteiger partial charge in [0.15, 0.2) is 0 Å². The second-order valence-electron chi connectivity index (χ2n) is 4.78. The molecule has 1 unspecified atom stereocenters. The average molecular weight is 246 g/mol. The number of rotatable bonds is 5. The molecule has 1 aromatic carbocycles. The van der Waals surface area contributed by atoms with Crippen LogP contribution < -0.4 is 5.32 Å². The first-order valence-corrected chi connectivity index (χ1v) is 5.98. The minimum Gasteiger partial charge on any atom is -0.393 e. The van der Waals surface area contributed by atoms with E-state index in [1.807, 2.05) is 30.6 Å². The number of nitrogens with one attached hydrogen (secondary N) is 1. The third kappa shape index (κ3) is 3.04. The molecular formula is C14H18N2O2. The fourth-order valence-corrected chi connectivity index (χ4v) is 1.84. The van der Waals surface area contributed by atoms with Crippen LogP contribution in [0.1, 0.15) is 12.5 Å². The van der Waals surface area contributed by atoms with Gasteiger partial charge in [0.1, 0.15) is 0 Å². The van der Waals surface area contributed by atoms with Gasteiger partial charge in [-0.05, 0) is 17.9 Å². The van der Waals surface area contributed by atoms with Crippen LogP contribution in [0.15, 0.2) is 36.7 Å². The van der Waals surface area contributed by atoms with E-state index >= 15 is 0 Å². The Kier molecular flexibility index (Phi) is 3.91. The zero-order valence-electron chi connectivity index (χ0n) is 10.4. The number of pyridine rings is 1. The molecule has 4 nitrogen and oxygen atoms in total. The SMILES string of the molecule is CC(O)(CO)CNCc1cncc2ccccc12. The Morgan fingerprint density at radius 3 is 2.83 bits per heavy atom. The van der Waals surface area contributed by atoms with Crippen LogP contribution in [0, 0.1) is 0 Å². The van der Waals surface area contributed by atoms with Crippen molar-refractivity contribution in [1.82, 2.24) is 10.3 Å². The van der Waals surface area contributed by atoms with Crippen molar-refractivity contribution < 1.29 is 10.2 Å². The summed E-state index contributed by atoms with van der Waals surface area (Å²) < 4.78 is 0. The first-order chi connectivity index (χ1) is 8.62. The van der Waals surface area contributed by atoms with Crippen molar-refractivity contribution >= 4 is 10.8 Å². The van der Waals surface area contributed by atoms with Crippen LogP contribution in [0.4, 0.5) is 0 Å². The maximum Gasteiger partial charge on any atom is 0.0972 e. The maximum absolute atomic E-state index is 9.69. The number of hydrogen-bond donors (Lipinski definition) is 3. The minimum absolute atomic E-state index is 0.256. The van der Waals surface area contributed by atoms with E-state index in [2.05, 4.69) is 16.4 Å². The molecule has 1 heterocycles. The van der Waals surface area contributed by atoms with Gasteiger partial charge in [-0.25, -0.2) is 0 Å². The van der Waals surface area contributed by atoms with Crippen LogP contribution in [0.3, 0.4) is 0 Å². The van der Waals surface area contributed by atoms with Crippen LogP contribution in [0.25, 0.3) is 10.8 Å². The summed E-state index contributed by atoms with van der Waals surface area (Å²) in [6, 6.07) is 8.06. The lowest BCUT2D eigenvalue weighted by Gasteiger charge is -2.20. The predicted octanol–water partition coefficient (Wildman–Crippen LogP) is 1.07. The smallest absolute Gasteiger partial charge is 0.0972 e.